The molecule has 0 aliphatic carbocycles. The average molecular weight is 437 g/mol. The lowest BCUT2D eigenvalue weighted by Gasteiger charge is -2.23. The number of hydrogen-bond acceptors (Lipinski definition) is 3. The van der Waals surface area contributed by atoms with E-state index in [2.05, 4.69) is 5.32 Å². The molecule has 3 aromatic rings. The molecule has 0 aromatic heterocycles. The van der Waals surface area contributed by atoms with Gasteiger partial charge in [0.2, 0.25) is 10.0 Å². The van der Waals surface area contributed by atoms with Crippen molar-refractivity contribution in [2.24, 2.45) is 0 Å². The van der Waals surface area contributed by atoms with Crippen LogP contribution in [0.3, 0.4) is 0 Å². The number of rotatable bonds is 7. The summed E-state index contributed by atoms with van der Waals surface area (Å²) in [5.41, 5.74) is 5.84. The van der Waals surface area contributed by atoms with Crippen LogP contribution >= 0.6 is 0 Å². The third-order valence-electron chi connectivity index (χ3n) is 5.08. The van der Waals surface area contributed by atoms with Crippen LogP contribution in [0.2, 0.25) is 0 Å². The largest absolute Gasteiger partial charge is 0.322 e. The van der Waals surface area contributed by atoms with Gasteiger partial charge >= 0.3 is 0 Å². The van der Waals surface area contributed by atoms with E-state index in [9.17, 15) is 13.2 Å². The third kappa shape index (κ3) is 5.73. The zero-order valence-electron chi connectivity index (χ0n) is 18.3. The fraction of sp³-hybridized carbons (Fsp3) is 0.240. The quantitative estimate of drug-likeness (QED) is 0.561. The number of nitrogens with one attached hydrogen (secondary N) is 1. The number of carbonyl (C=O) groups is 1. The molecule has 0 fully saturated rings. The van der Waals surface area contributed by atoms with Gasteiger partial charge < -0.3 is 5.32 Å². The summed E-state index contributed by atoms with van der Waals surface area (Å²) in [6, 6.07) is 20.5. The first-order valence-corrected chi connectivity index (χ1v) is 12.1. The van der Waals surface area contributed by atoms with Crippen molar-refractivity contribution < 1.29 is 13.2 Å². The molecule has 162 valence electrons. The SMILES string of the molecule is CCc1ccccc1NC(=O)c1ccc(CN(c2cc(C)cc(C)c2)S(C)(=O)=O)cc1. The Balaban J connectivity index is 1.80. The summed E-state index contributed by atoms with van der Waals surface area (Å²) < 4.78 is 26.3. The van der Waals surface area contributed by atoms with Crippen LogP contribution in [0, 0.1) is 13.8 Å². The van der Waals surface area contributed by atoms with Crippen molar-refractivity contribution in [3.8, 4) is 0 Å². The molecule has 0 radical (unpaired) electrons. The molecular weight excluding hydrogens is 408 g/mol. The predicted octanol–water partition coefficient (Wildman–Crippen LogP) is 5.08. The van der Waals surface area contributed by atoms with Gasteiger partial charge in [0, 0.05) is 11.3 Å². The second-order valence-corrected chi connectivity index (χ2v) is 9.68. The molecule has 0 bridgehead atoms. The number of nitrogens with zero attached hydrogens (tertiary/aromatic N) is 1. The number of carbonyl (C=O) groups excluding carboxylic acids is 1. The van der Waals surface area contributed by atoms with Gasteiger partial charge in [0.1, 0.15) is 0 Å². The molecule has 0 aliphatic heterocycles. The van der Waals surface area contributed by atoms with Crippen LogP contribution in [0.4, 0.5) is 11.4 Å². The highest BCUT2D eigenvalue weighted by molar-refractivity contribution is 7.92. The van der Waals surface area contributed by atoms with Crippen LogP contribution in [0.15, 0.2) is 66.7 Å². The summed E-state index contributed by atoms with van der Waals surface area (Å²) in [5, 5.41) is 2.96. The van der Waals surface area contributed by atoms with Gasteiger partial charge in [-0.1, -0.05) is 43.3 Å². The first kappa shape index (κ1) is 22.6. The van der Waals surface area contributed by atoms with E-state index in [1.165, 1.54) is 10.6 Å². The first-order chi connectivity index (χ1) is 14.7. The number of benzene rings is 3. The summed E-state index contributed by atoms with van der Waals surface area (Å²) >= 11 is 0. The normalized spacial score (nSPS) is 11.2. The number of aryl methyl sites for hydroxylation is 3. The maximum atomic E-state index is 12.7. The van der Waals surface area contributed by atoms with Gasteiger partial charge in [-0.2, -0.15) is 0 Å². The minimum Gasteiger partial charge on any atom is -0.322 e. The van der Waals surface area contributed by atoms with Crippen molar-refractivity contribution in [1.29, 1.82) is 0 Å². The van der Waals surface area contributed by atoms with Gasteiger partial charge in [0.25, 0.3) is 5.91 Å². The second kappa shape index (κ2) is 9.35. The second-order valence-electron chi connectivity index (χ2n) is 7.78. The Labute approximate surface area is 184 Å². The molecule has 31 heavy (non-hydrogen) atoms. The molecule has 0 atom stereocenters. The maximum Gasteiger partial charge on any atom is 0.255 e. The van der Waals surface area contributed by atoms with Gasteiger partial charge in [-0.05, 0) is 72.9 Å². The van der Waals surface area contributed by atoms with Crippen LogP contribution in [0.5, 0.6) is 0 Å². The highest BCUT2D eigenvalue weighted by Crippen LogP contribution is 2.24. The van der Waals surface area contributed by atoms with Gasteiger partial charge in [0.05, 0.1) is 18.5 Å². The maximum absolute atomic E-state index is 12.7. The Morgan fingerprint density at radius 2 is 1.55 bits per heavy atom. The molecule has 1 N–H and O–H groups in total. The summed E-state index contributed by atoms with van der Waals surface area (Å²) in [6.07, 6.45) is 2.03. The number of amides is 1. The van der Waals surface area contributed by atoms with Crippen LogP contribution in [0.1, 0.15) is 39.5 Å². The average Bonchev–Trinajstić information content (AvgIpc) is 2.71. The zero-order valence-corrected chi connectivity index (χ0v) is 19.2. The van der Waals surface area contributed by atoms with Crippen LogP contribution in [-0.2, 0) is 23.0 Å². The summed E-state index contributed by atoms with van der Waals surface area (Å²) in [5.74, 6) is -0.193. The number of hydrogen-bond donors (Lipinski definition) is 1. The van der Waals surface area contributed by atoms with Gasteiger partial charge in [-0.25, -0.2) is 8.42 Å². The Morgan fingerprint density at radius 1 is 0.935 bits per heavy atom. The van der Waals surface area contributed by atoms with Crippen molar-refractivity contribution >= 4 is 27.3 Å². The molecule has 3 aromatic carbocycles. The lowest BCUT2D eigenvalue weighted by Crippen LogP contribution is -2.29. The van der Waals surface area contributed by atoms with Crippen molar-refractivity contribution in [3.63, 3.8) is 0 Å². The molecule has 3 rings (SSSR count). The van der Waals surface area contributed by atoms with Crippen molar-refractivity contribution in [2.75, 3.05) is 15.9 Å². The monoisotopic (exact) mass is 436 g/mol. The summed E-state index contributed by atoms with van der Waals surface area (Å²) in [4.78, 5) is 12.7. The van der Waals surface area contributed by atoms with Crippen LogP contribution < -0.4 is 9.62 Å². The van der Waals surface area contributed by atoms with E-state index in [4.69, 9.17) is 0 Å². The van der Waals surface area contributed by atoms with Crippen LogP contribution in [-0.4, -0.2) is 20.6 Å². The molecule has 5 nitrogen and oxygen atoms in total. The molecule has 0 spiro atoms. The molecule has 0 saturated carbocycles. The number of anilines is 2. The van der Waals surface area contributed by atoms with E-state index < -0.39 is 10.0 Å². The molecule has 0 unspecified atom stereocenters. The topological polar surface area (TPSA) is 66.5 Å². The van der Waals surface area contributed by atoms with Crippen molar-refractivity contribution in [2.45, 2.75) is 33.7 Å². The molecular formula is C25H28N2O3S. The van der Waals surface area contributed by atoms with Gasteiger partial charge in [-0.15, -0.1) is 0 Å². The Hall–Kier alpha value is -3.12. The molecule has 6 heteroatoms. The van der Waals surface area contributed by atoms with Crippen molar-refractivity contribution in [1.82, 2.24) is 0 Å². The van der Waals surface area contributed by atoms with E-state index in [1.54, 1.807) is 24.3 Å². The lowest BCUT2D eigenvalue weighted by atomic mass is 10.1. The van der Waals surface area contributed by atoms with Crippen molar-refractivity contribution in [3.05, 3.63) is 94.5 Å². The molecule has 0 saturated heterocycles. The lowest BCUT2D eigenvalue weighted by molar-refractivity contribution is 0.102. The zero-order chi connectivity index (χ0) is 22.6. The van der Waals surface area contributed by atoms with E-state index in [-0.39, 0.29) is 12.5 Å². The smallest absolute Gasteiger partial charge is 0.255 e. The van der Waals surface area contributed by atoms with E-state index in [1.807, 2.05) is 63.2 Å². The van der Waals surface area contributed by atoms with Crippen LogP contribution in [0.25, 0.3) is 0 Å². The number of para-hydroxylation sites is 1. The summed E-state index contributed by atoms with van der Waals surface area (Å²) in [6.45, 7) is 6.13. The third-order valence-corrected chi connectivity index (χ3v) is 6.22. The number of sulfonamides is 1. The standard InChI is InChI=1S/C25H28N2O3S/c1-5-21-8-6-7-9-24(21)26-25(28)22-12-10-20(11-13-22)17-27(31(4,29)30)23-15-18(2)14-19(3)16-23/h6-16H,5,17H2,1-4H3,(H,26,28). The van der Waals surface area contributed by atoms with Gasteiger partial charge in [0.15, 0.2) is 0 Å². The Kier molecular flexibility index (Phi) is 6.81. The highest BCUT2D eigenvalue weighted by atomic mass is 32.2. The predicted molar refractivity (Wildman–Crippen MR) is 127 cm³/mol. The molecule has 0 aliphatic rings. The minimum absolute atomic E-state index is 0.193. The fourth-order valence-corrected chi connectivity index (χ4v) is 4.44. The Bertz CT molecular complexity index is 1170. The van der Waals surface area contributed by atoms with E-state index in [0.717, 1.165) is 34.4 Å². The van der Waals surface area contributed by atoms with E-state index >= 15 is 0 Å². The fourth-order valence-electron chi connectivity index (χ4n) is 3.57. The van der Waals surface area contributed by atoms with Gasteiger partial charge in [-0.3, -0.25) is 9.10 Å². The highest BCUT2D eigenvalue weighted by Gasteiger charge is 2.19. The van der Waals surface area contributed by atoms with E-state index in [0.29, 0.717) is 11.3 Å². The molecule has 0 heterocycles. The summed E-state index contributed by atoms with van der Waals surface area (Å²) in [7, 11) is -3.47. The Morgan fingerprint density at radius 3 is 2.13 bits per heavy atom. The molecule has 1 amide bonds. The minimum atomic E-state index is -3.47. The first-order valence-electron chi connectivity index (χ1n) is 10.2.